The van der Waals surface area contributed by atoms with Gasteiger partial charge in [0, 0.05) is 21.4 Å². The van der Waals surface area contributed by atoms with Crippen LogP contribution in [0.1, 0.15) is 0 Å². The Kier molecular flexibility index (Phi) is 2.68. The minimum atomic E-state index is 0.921. The molecule has 2 heteroatoms. The van der Waals surface area contributed by atoms with Crippen LogP contribution in [0.2, 0.25) is 0 Å². The van der Waals surface area contributed by atoms with Gasteiger partial charge in [-0.2, -0.15) is 0 Å². The average Bonchev–Trinajstić information content (AvgIpc) is 3.17. The molecule has 0 saturated carbocycles. The summed E-state index contributed by atoms with van der Waals surface area (Å²) in [5.41, 5.74) is 3.24. The molecule has 0 fully saturated rings. The molecule has 0 radical (unpaired) electrons. The molecule has 0 spiro atoms. The van der Waals surface area contributed by atoms with Crippen molar-refractivity contribution < 1.29 is 4.42 Å². The van der Waals surface area contributed by atoms with Gasteiger partial charge in [-0.1, -0.05) is 48.5 Å². The molecule has 4 rings (SSSR count). The first-order valence-electron chi connectivity index (χ1n) is 6.54. The van der Waals surface area contributed by atoms with Gasteiger partial charge in [-0.15, -0.1) is 11.3 Å². The summed E-state index contributed by atoms with van der Waals surface area (Å²) in [6, 6.07) is 22.8. The number of hydrogen-bond donors (Lipinski definition) is 0. The summed E-state index contributed by atoms with van der Waals surface area (Å²) in [7, 11) is 0. The lowest BCUT2D eigenvalue weighted by atomic mass is 10.1. The first kappa shape index (κ1) is 11.5. The SMILES string of the molecule is c1ccc(-c2cc3cccc(-c4cccs4)c3o2)cc1. The molecule has 0 N–H and O–H groups in total. The Balaban J connectivity index is 1.94. The van der Waals surface area contributed by atoms with Crippen molar-refractivity contribution in [3.63, 3.8) is 0 Å². The minimum Gasteiger partial charge on any atom is -0.455 e. The molecule has 2 aromatic heterocycles. The monoisotopic (exact) mass is 276 g/mol. The summed E-state index contributed by atoms with van der Waals surface area (Å²) in [5, 5.41) is 3.24. The molecule has 0 atom stereocenters. The van der Waals surface area contributed by atoms with E-state index in [9.17, 15) is 0 Å². The molecule has 0 aliphatic rings. The summed E-state index contributed by atoms with van der Waals surface area (Å²) < 4.78 is 6.12. The van der Waals surface area contributed by atoms with Crippen LogP contribution in [0.15, 0.2) is 76.5 Å². The van der Waals surface area contributed by atoms with E-state index in [4.69, 9.17) is 4.42 Å². The Labute approximate surface area is 121 Å². The van der Waals surface area contributed by atoms with E-state index >= 15 is 0 Å². The fraction of sp³-hybridized carbons (Fsp3) is 0. The highest BCUT2D eigenvalue weighted by molar-refractivity contribution is 7.13. The molecule has 0 bridgehead atoms. The summed E-state index contributed by atoms with van der Waals surface area (Å²) in [5.74, 6) is 0.921. The second-order valence-corrected chi connectivity index (χ2v) is 5.63. The average molecular weight is 276 g/mol. The van der Waals surface area contributed by atoms with E-state index in [2.05, 4.69) is 53.9 Å². The van der Waals surface area contributed by atoms with E-state index in [0.717, 1.165) is 22.3 Å². The maximum atomic E-state index is 6.12. The highest BCUT2D eigenvalue weighted by Crippen LogP contribution is 2.36. The van der Waals surface area contributed by atoms with E-state index in [0.29, 0.717) is 0 Å². The zero-order valence-corrected chi connectivity index (χ0v) is 11.6. The summed E-state index contributed by atoms with van der Waals surface area (Å²) in [6.45, 7) is 0. The molecule has 2 heterocycles. The Morgan fingerprint density at radius 3 is 2.50 bits per heavy atom. The smallest absolute Gasteiger partial charge is 0.143 e. The molecule has 1 nitrogen and oxygen atoms in total. The van der Waals surface area contributed by atoms with Crippen molar-refractivity contribution in [1.29, 1.82) is 0 Å². The third-order valence-corrected chi connectivity index (χ3v) is 4.29. The predicted octanol–water partition coefficient (Wildman–Crippen LogP) is 5.83. The molecule has 0 unspecified atom stereocenters. The molecule has 4 aromatic rings. The van der Waals surface area contributed by atoms with Crippen LogP contribution in [-0.4, -0.2) is 0 Å². The lowest BCUT2D eigenvalue weighted by Gasteiger charge is -1.98. The third kappa shape index (κ3) is 1.86. The van der Waals surface area contributed by atoms with Crippen LogP contribution in [0.25, 0.3) is 32.7 Å². The molecular formula is C18H12OS. The van der Waals surface area contributed by atoms with Gasteiger partial charge < -0.3 is 4.42 Å². The quantitative estimate of drug-likeness (QED) is 0.449. The fourth-order valence-electron chi connectivity index (χ4n) is 2.43. The van der Waals surface area contributed by atoms with Gasteiger partial charge in [-0.05, 0) is 23.6 Å². The Hall–Kier alpha value is -2.32. The summed E-state index contributed by atoms with van der Waals surface area (Å²) in [6.07, 6.45) is 0. The van der Waals surface area contributed by atoms with Gasteiger partial charge in [0.25, 0.3) is 0 Å². The largest absolute Gasteiger partial charge is 0.455 e. The summed E-state index contributed by atoms with van der Waals surface area (Å²) >= 11 is 1.74. The van der Waals surface area contributed by atoms with Crippen molar-refractivity contribution in [1.82, 2.24) is 0 Å². The second kappa shape index (κ2) is 4.66. The molecule has 0 aliphatic heterocycles. The lowest BCUT2D eigenvalue weighted by Crippen LogP contribution is -1.72. The maximum absolute atomic E-state index is 6.12. The number of hydrogen-bond acceptors (Lipinski definition) is 2. The molecule has 2 aromatic carbocycles. The molecule has 20 heavy (non-hydrogen) atoms. The van der Waals surface area contributed by atoms with Crippen molar-refractivity contribution >= 4 is 22.3 Å². The van der Waals surface area contributed by atoms with Crippen LogP contribution in [0, 0.1) is 0 Å². The highest BCUT2D eigenvalue weighted by Gasteiger charge is 2.11. The molecule has 0 amide bonds. The first-order valence-corrected chi connectivity index (χ1v) is 7.42. The first-order chi connectivity index (χ1) is 9.92. The Morgan fingerprint density at radius 2 is 1.70 bits per heavy atom. The van der Waals surface area contributed by atoms with Gasteiger partial charge in [-0.3, -0.25) is 0 Å². The van der Waals surface area contributed by atoms with E-state index in [1.807, 2.05) is 18.2 Å². The lowest BCUT2D eigenvalue weighted by molar-refractivity contribution is 0.632. The summed E-state index contributed by atoms with van der Waals surface area (Å²) in [4.78, 5) is 1.24. The Morgan fingerprint density at radius 1 is 0.800 bits per heavy atom. The normalized spacial score (nSPS) is 11.0. The molecular weight excluding hydrogens is 264 g/mol. The zero-order valence-electron chi connectivity index (χ0n) is 10.7. The number of furan rings is 1. The van der Waals surface area contributed by atoms with Crippen LogP contribution in [0.4, 0.5) is 0 Å². The standard InChI is InChI=1S/C18H12OS/c1-2-6-13(7-3-1)16-12-14-8-4-9-15(18(14)19-16)17-10-5-11-20-17/h1-12H. The van der Waals surface area contributed by atoms with E-state index < -0.39 is 0 Å². The van der Waals surface area contributed by atoms with Gasteiger partial charge in [0.15, 0.2) is 0 Å². The fourth-order valence-corrected chi connectivity index (χ4v) is 3.18. The van der Waals surface area contributed by atoms with Gasteiger partial charge in [0.2, 0.25) is 0 Å². The number of fused-ring (bicyclic) bond motifs is 1. The van der Waals surface area contributed by atoms with Crippen molar-refractivity contribution in [3.05, 3.63) is 72.1 Å². The van der Waals surface area contributed by atoms with Crippen molar-refractivity contribution in [2.24, 2.45) is 0 Å². The topological polar surface area (TPSA) is 13.1 Å². The van der Waals surface area contributed by atoms with E-state index in [1.54, 1.807) is 11.3 Å². The van der Waals surface area contributed by atoms with Crippen LogP contribution in [-0.2, 0) is 0 Å². The highest BCUT2D eigenvalue weighted by atomic mass is 32.1. The van der Waals surface area contributed by atoms with Gasteiger partial charge in [0.05, 0.1) is 0 Å². The van der Waals surface area contributed by atoms with Crippen LogP contribution in [0.5, 0.6) is 0 Å². The number of thiophene rings is 1. The second-order valence-electron chi connectivity index (χ2n) is 4.68. The Bertz CT molecular complexity index is 842. The predicted molar refractivity (Wildman–Crippen MR) is 85.0 cm³/mol. The number of rotatable bonds is 2. The van der Waals surface area contributed by atoms with E-state index in [1.165, 1.54) is 10.4 Å². The van der Waals surface area contributed by atoms with Crippen LogP contribution >= 0.6 is 11.3 Å². The van der Waals surface area contributed by atoms with Gasteiger partial charge in [-0.25, -0.2) is 0 Å². The van der Waals surface area contributed by atoms with Crippen molar-refractivity contribution in [2.75, 3.05) is 0 Å². The van der Waals surface area contributed by atoms with Gasteiger partial charge in [0.1, 0.15) is 11.3 Å². The maximum Gasteiger partial charge on any atom is 0.143 e. The van der Waals surface area contributed by atoms with Crippen molar-refractivity contribution in [3.8, 4) is 21.8 Å². The zero-order chi connectivity index (χ0) is 13.4. The third-order valence-electron chi connectivity index (χ3n) is 3.39. The number of para-hydroxylation sites is 1. The number of benzene rings is 2. The van der Waals surface area contributed by atoms with Crippen LogP contribution < -0.4 is 0 Å². The van der Waals surface area contributed by atoms with E-state index in [-0.39, 0.29) is 0 Å². The molecule has 0 aliphatic carbocycles. The van der Waals surface area contributed by atoms with Gasteiger partial charge >= 0.3 is 0 Å². The van der Waals surface area contributed by atoms with Crippen LogP contribution in [0.3, 0.4) is 0 Å². The molecule has 96 valence electrons. The molecule has 0 saturated heterocycles. The minimum absolute atomic E-state index is 0.921. The van der Waals surface area contributed by atoms with Crippen molar-refractivity contribution in [2.45, 2.75) is 0 Å².